The predicted octanol–water partition coefficient (Wildman–Crippen LogP) is 7.00. The average molecular weight is 773 g/mol. The van der Waals surface area contributed by atoms with Crippen molar-refractivity contribution in [3.63, 3.8) is 0 Å². The van der Waals surface area contributed by atoms with Crippen molar-refractivity contribution in [1.82, 2.24) is 0 Å². The molecule has 0 saturated heterocycles. The molecule has 0 fully saturated rings. The molecule has 0 heterocycles. The summed E-state index contributed by atoms with van der Waals surface area (Å²) in [6.45, 7) is 4.42. The summed E-state index contributed by atoms with van der Waals surface area (Å²) in [5, 5.41) is 36.0. The lowest BCUT2D eigenvalue weighted by Crippen LogP contribution is -2.26. The summed E-state index contributed by atoms with van der Waals surface area (Å²) in [6.07, 6.45) is 7.93. The Bertz CT molecular complexity index is 1320. The first-order valence-corrected chi connectivity index (χ1v) is 20.6. The van der Waals surface area contributed by atoms with Crippen LogP contribution in [0.5, 0.6) is 0 Å². The van der Waals surface area contributed by atoms with E-state index in [-0.39, 0.29) is 26.4 Å². The summed E-state index contributed by atoms with van der Waals surface area (Å²) >= 11 is 0. The molecule has 308 valence electrons. The highest BCUT2D eigenvalue weighted by molar-refractivity contribution is 5.19. The lowest BCUT2D eigenvalue weighted by atomic mass is 9.80. The molecule has 0 bridgehead atoms. The minimum atomic E-state index is 0.0520. The maximum Gasteiger partial charge on any atom is 0.0697 e. The smallest absolute Gasteiger partial charge is 0.0697 e. The van der Waals surface area contributed by atoms with Gasteiger partial charge in [0.1, 0.15) is 0 Å². The van der Waals surface area contributed by atoms with E-state index < -0.39 is 0 Å². The summed E-state index contributed by atoms with van der Waals surface area (Å²) in [7, 11) is 0. The Hall–Kier alpha value is -3.44. The van der Waals surface area contributed by atoms with Gasteiger partial charge in [0.05, 0.1) is 66.1 Å². The Morgan fingerprint density at radius 1 is 0.321 bits per heavy atom. The van der Waals surface area contributed by atoms with Crippen LogP contribution in [0.3, 0.4) is 0 Å². The zero-order valence-corrected chi connectivity index (χ0v) is 33.4. The highest BCUT2D eigenvalue weighted by atomic mass is 16.5. The molecule has 4 N–H and O–H groups in total. The van der Waals surface area contributed by atoms with E-state index in [0.717, 1.165) is 51.4 Å². The van der Waals surface area contributed by atoms with Crippen molar-refractivity contribution in [2.45, 2.75) is 51.4 Å². The standard InChI is InChI=1S/2C24H34O4/c2*25-13-16-27-15-7-12-23(18-21-8-3-1-4-9-21)24(20-28-17-14-26)19-22-10-5-2-6-11-22/h2*1-6,8-11,23-26H,7,12-20H2/t2*23-,24+/m10/s1. The van der Waals surface area contributed by atoms with Gasteiger partial charge in [-0.2, -0.15) is 0 Å². The molecule has 4 aromatic rings. The predicted molar refractivity (Wildman–Crippen MR) is 225 cm³/mol. The normalized spacial score (nSPS) is 13.4. The van der Waals surface area contributed by atoms with Crippen molar-refractivity contribution in [2.24, 2.45) is 23.7 Å². The summed E-state index contributed by atoms with van der Waals surface area (Å²) in [5.74, 6) is 1.65. The van der Waals surface area contributed by atoms with E-state index in [0.29, 0.717) is 76.5 Å². The van der Waals surface area contributed by atoms with E-state index in [9.17, 15) is 0 Å². The van der Waals surface area contributed by atoms with Crippen LogP contribution in [0.2, 0.25) is 0 Å². The number of hydrogen-bond acceptors (Lipinski definition) is 8. The maximum absolute atomic E-state index is 9.10. The van der Waals surface area contributed by atoms with Crippen LogP contribution in [0.4, 0.5) is 0 Å². The molecule has 8 heteroatoms. The van der Waals surface area contributed by atoms with Crippen LogP contribution >= 0.6 is 0 Å². The summed E-state index contributed by atoms with van der Waals surface area (Å²) in [6, 6.07) is 42.3. The van der Waals surface area contributed by atoms with Gasteiger partial charge in [0, 0.05) is 13.2 Å². The van der Waals surface area contributed by atoms with E-state index in [1.165, 1.54) is 22.3 Å². The number of aliphatic hydroxyl groups excluding tert-OH is 4. The zero-order chi connectivity index (χ0) is 39.7. The Morgan fingerprint density at radius 3 is 0.875 bits per heavy atom. The van der Waals surface area contributed by atoms with Crippen LogP contribution in [0, 0.1) is 23.7 Å². The third-order valence-electron chi connectivity index (χ3n) is 10.0. The van der Waals surface area contributed by atoms with Crippen LogP contribution in [0.15, 0.2) is 121 Å². The van der Waals surface area contributed by atoms with Crippen molar-refractivity contribution in [3.8, 4) is 0 Å². The summed E-state index contributed by atoms with van der Waals surface area (Å²) in [4.78, 5) is 0. The lowest BCUT2D eigenvalue weighted by Gasteiger charge is -2.28. The summed E-state index contributed by atoms with van der Waals surface area (Å²) in [5.41, 5.74) is 5.30. The topological polar surface area (TPSA) is 118 Å². The molecule has 0 radical (unpaired) electrons. The molecule has 0 aromatic heterocycles. The Kier molecular flexibility index (Phi) is 26.5. The number of hydrogen-bond donors (Lipinski definition) is 4. The zero-order valence-electron chi connectivity index (χ0n) is 33.4. The van der Waals surface area contributed by atoms with Crippen LogP contribution in [0.1, 0.15) is 47.9 Å². The van der Waals surface area contributed by atoms with Crippen molar-refractivity contribution < 1.29 is 39.4 Å². The molecule has 4 rings (SSSR count). The van der Waals surface area contributed by atoms with Crippen molar-refractivity contribution in [3.05, 3.63) is 144 Å². The molecule has 4 atom stereocenters. The van der Waals surface area contributed by atoms with Crippen LogP contribution in [-0.4, -0.2) is 99.7 Å². The van der Waals surface area contributed by atoms with E-state index in [2.05, 4.69) is 97.1 Å². The number of rotatable bonds is 30. The highest BCUT2D eigenvalue weighted by Gasteiger charge is 2.24. The molecular formula is C48H68O8. The molecule has 0 unspecified atom stereocenters. The molecule has 0 aliphatic carbocycles. The molecule has 8 nitrogen and oxygen atoms in total. The molecule has 4 aromatic carbocycles. The monoisotopic (exact) mass is 772 g/mol. The summed E-state index contributed by atoms with van der Waals surface area (Å²) < 4.78 is 22.5. The Labute approximate surface area is 336 Å². The van der Waals surface area contributed by atoms with Gasteiger partial charge in [-0.15, -0.1) is 0 Å². The third kappa shape index (κ3) is 21.2. The second-order valence-corrected chi connectivity index (χ2v) is 14.4. The van der Waals surface area contributed by atoms with E-state index in [1.54, 1.807) is 0 Å². The number of aliphatic hydroxyl groups is 4. The van der Waals surface area contributed by atoms with Gasteiger partial charge in [0.25, 0.3) is 0 Å². The fourth-order valence-electron chi connectivity index (χ4n) is 7.23. The van der Waals surface area contributed by atoms with E-state index >= 15 is 0 Å². The third-order valence-corrected chi connectivity index (χ3v) is 10.0. The van der Waals surface area contributed by atoms with E-state index in [1.807, 2.05) is 24.3 Å². The quantitative estimate of drug-likeness (QED) is 0.0419. The van der Waals surface area contributed by atoms with Crippen LogP contribution < -0.4 is 0 Å². The molecule has 0 amide bonds. The fraction of sp³-hybridized carbons (Fsp3) is 0.500. The first kappa shape index (κ1) is 46.9. The van der Waals surface area contributed by atoms with Gasteiger partial charge in [-0.05, 0) is 97.3 Å². The van der Waals surface area contributed by atoms with Gasteiger partial charge in [0.2, 0.25) is 0 Å². The van der Waals surface area contributed by atoms with Crippen LogP contribution in [0.25, 0.3) is 0 Å². The molecule has 0 aliphatic rings. The molecule has 0 saturated carbocycles. The van der Waals surface area contributed by atoms with Gasteiger partial charge in [-0.1, -0.05) is 121 Å². The van der Waals surface area contributed by atoms with Gasteiger partial charge >= 0.3 is 0 Å². The minimum absolute atomic E-state index is 0.0520. The maximum atomic E-state index is 9.10. The van der Waals surface area contributed by atoms with Crippen molar-refractivity contribution in [2.75, 3.05) is 79.3 Å². The molecule has 0 spiro atoms. The van der Waals surface area contributed by atoms with Crippen LogP contribution in [-0.2, 0) is 44.6 Å². The van der Waals surface area contributed by atoms with Gasteiger partial charge < -0.3 is 39.4 Å². The number of ether oxygens (including phenoxy) is 4. The molecule has 0 aliphatic heterocycles. The van der Waals surface area contributed by atoms with Gasteiger partial charge in [-0.25, -0.2) is 0 Å². The lowest BCUT2D eigenvalue weighted by molar-refractivity contribution is 0.0455. The van der Waals surface area contributed by atoms with Gasteiger partial charge in [0.15, 0.2) is 0 Å². The molecular weight excluding hydrogens is 705 g/mol. The second kappa shape index (κ2) is 31.6. The average Bonchev–Trinajstić information content (AvgIpc) is 3.24. The first-order chi connectivity index (χ1) is 27.7. The first-order valence-electron chi connectivity index (χ1n) is 20.6. The minimum Gasteiger partial charge on any atom is -0.394 e. The highest BCUT2D eigenvalue weighted by Crippen LogP contribution is 2.28. The Morgan fingerprint density at radius 2 is 0.589 bits per heavy atom. The Balaban J connectivity index is 0.000000300. The van der Waals surface area contributed by atoms with Gasteiger partial charge in [-0.3, -0.25) is 0 Å². The fourth-order valence-corrected chi connectivity index (χ4v) is 7.23. The van der Waals surface area contributed by atoms with Crippen molar-refractivity contribution in [1.29, 1.82) is 0 Å². The van der Waals surface area contributed by atoms with Crippen molar-refractivity contribution >= 4 is 0 Å². The second-order valence-electron chi connectivity index (χ2n) is 14.4. The van der Waals surface area contributed by atoms with E-state index in [4.69, 9.17) is 39.4 Å². The number of benzene rings is 4. The largest absolute Gasteiger partial charge is 0.394 e. The SMILES string of the molecule is OCCOCCC[C@@H](Cc1ccccc1)[C@@H](COCCO)Cc1ccccc1.OCCOCCC[C@H](Cc1ccccc1)[C@H](COCCO)Cc1ccccc1. The molecule has 56 heavy (non-hydrogen) atoms.